The molecular formula is C18H28FN3O2. The van der Waals surface area contributed by atoms with E-state index in [1.807, 2.05) is 11.9 Å². The molecule has 1 aromatic carbocycles. The lowest BCUT2D eigenvalue weighted by atomic mass is 10.1. The first kappa shape index (κ1) is 18.7. The van der Waals surface area contributed by atoms with Crippen LogP contribution in [0.25, 0.3) is 0 Å². The Kier molecular flexibility index (Phi) is 7.98. The normalized spacial score (nSPS) is 16.2. The molecule has 0 atom stereocenters. The van der Waals surface area contributed by atoms with Crippen molar-refractivity contribution in [1.29, 1.82) is 0 Å². The molecule has 24 heavy (non-hydrogen) atoms. The molecule has 2 rings (SSSR count). The summed E-state index contributed by atoms with van der Waals surface area (Å²) in [7, 11) is 3.74. The zero-order valence-electron chi connectivity index (χ0n) is 14.6. The molecule has 1 aromatic rings. The summed E-state index contributed by atoms with van der Waals surface area (Å²) in [6, 6.07) is 6.54. The van der Waals surface area contributed by atoms with Gasteiger partial charge in [-0.15, -0.1) is 0 Å². The average molecular weight is 337 g/mol. The predicted octanol–water partition coefficient (Wildman–Crippen LogP) is 2.42. The molecule has 1 heterocycles. The molecular weight excluding hydrogens is 309 g/mol. The zero-order valence-corrected chi connectivity index (χ0v) is 14.6. The first-order valence-corrected chi connectivity index (χ1v) is 8.54. The molecule has 0 aromatic heterocycles. The standard InChI is InChI=1S/C18H28FN3O2/c1-20-18(22(2)14-15-4-6-16(19)7-5-15)21-10-3-11-24-17-8-12-23-13-9-17/h4-7,17H,3,8-14H2,1-2H3,(H,20,21). The molecule has 1 saturated heterocycles. The Morgan fingerprint density at radius 3 is 2.71 bits per heavy atom. The highest BCUT2D eigenvalue weighted by molar-refractivity contribution is 5.79. The molecule has 1 fully saturated rings. The van der Waals surface area contributed by atoms with Crippen LogP contribution in [-0.2, 0) is 16.0 Å². The summed E-state index contributed by atoms with van der Waals surface area (Å²) in [5.74, 6) is 0.610. The lowest BCUT2D eigenvalue weighted by Gasteiger charge is -2.23. The van der Waals surface area contributed by atoms with Crippen LogP contribution in [0.3, 0.4) is 0 Å². The molecule has 134 valence electrons. The van der Waals surface area contributed by atoms with Crippen molar-refractivity contribution in [1.82, 2.24) is 10.2 Å². The van der Waals surface area contributed by atoms with E-state index in [9.17, 15) is 4.39 Å². The molecule has 1 aliphatic heterocycles. The number of nitrogens with one attached hydrogen (secondary N) is 1. The second-order valence-corrected chi connectivity index (χ2v) is 5.99. The van der Waals surface area contributed by atoms with Crippen molar-refractivity contribution in [2.45, 2.75) is 31.9 Å². The van der Waals surface area contributed by atoms with Gasteiger partial charge in [-0.2, -0.15) is 0 Å². The molecule has 0 amide bonds. The summed E-state index contributed by atoms with van der Waals surface area (Å²) in [6.45, 7) is 3.85. The predicted molar refractivity (Wildman–Crippen MR) is 93.6 cm³/mol. The number of nitrogens with zero attached hydrogens (tertiary/aromatic N) is 2. The van der Waals surface area contributed by atoms with E-state index in [0.29, 0.717) is 12.6 Å². The summed E-state index contributed by atoms with van der Waals surface area (Å²) < 4.78 is 24.1. The minimum Gasteiger partial charge on any atom is -0.381 e. The molecule has 0 unspecified atom stereocenters. The smallest absolute Gasteiger partial charge is 0.193 e. The number of aliphatic imine (C=N–C) groups is 1. The van der Waals surface area contributed by atoms with Gasteiger partial charge in [-0.3, -0.25) is 4.99 Å². The van der Waals surface area contributed by atoms with Crippen LogP contribution >= 0.6 is 0 Å². The van der Waals surface area contributed by atoms with Crippen LogP contribution < -0.4 is 5.32 Å². The first-order valence-electron chi connectivity index (χ1n) is 8.54. The van der Waals surface area contributed by atoms with Gasteiger partial charge in [0.15, 0.2) is 5.96 Å². The third kappa shape index (κ3) is 6.45. The number of halogens is 1. The number of rotatable bonds is 7. The van der Waals surface area contributed by atoms with E-state index in [0.717, 1.165) is 57.2 Å². The minimum atomic E-state index is -0.214. The number of hydrogen-bond donors (Lipinski definition) is 1. The molecule has 0 aliphatic carbocycles. The van der Waals surface area contributed by atoms with Gasteiger partial charge >= 0.3 is 0 Å². The van der Waals surface area contributed by atoms with E-state index < -0.39 is 0 Å². The van der Waals surface area contributed by atoms with Gasteiger partial charge in [0.2, 0.25) is 0 Å². The van der Waals surface area contributed by atoms with Gasteiger partial charge in [0.1, 0.15) is 5.82 Å². The second kappa shape index (κ2) is 10.3. The average Bonchev–Trinajstić information content (AvgIpc) is 2.61. The van der Waals surface area contributed by atoms with E-state index in [4.69, 9.17) is 9.47 Å². The van der Waals surface area contributed by atoms with Gasteiger partial charge < -0.3 is 19.7 Å². The summed E-state index contributed by atoms with van der Waals surface area (Å²) in [6.07, 6.45) is 3.27. The molecule has 6 heteroatoms. The third-order valence-electron chi connectivity index (χ3n) is 4.03. The van der Waals surface area contributed by atoms with E-state index >= 15 is 0 Å². The van der Waals surface area contributed by atoms with Crippen molar-refractivity contribution in [3.05, 3.63) is 35.6 Å². The van der Waals surface area contributed by atoms with Gasteiger partial charge in [-0.05, 0) is 37.0 Å². The van der Waals surface area contributed by atoms with Crippen molar-refractivity contribution in [2.24, 2.45) is 4.99 Å². The quantitative estimate of drug-likeness (QED) is 0.471. The largest absolute Gasteiger partial charge is 0.381 e. The van der Waals surface area contributed by atoms with Gasteiger partial charge in [0, 0.05) is 47.0 Å². The fraction of sp³-hybridized carbons (Fsp3) is 0.611. The van der Waals surface area contributed by atoms with Crippen LogP contribution in [0.15, 0.2) is 29.3 Å². The Morgan fingerprint density at radius 2 is 2.04 bits per heavy atom. The Bertz CT molecular complexity index is 501. The Hall–Kier alpha value is -1.66. The fourth-order valence-corrected chi connectivity index (χ4v) is 2.69. The molecule has 5 nitrogen and oxygen atoms in total. The van der Waals surface area contributed by atoms with Gasteiger partial charge in [0.25, 0.3) is 0 Å². The van der Waals surface area contributed by atoms with Crippen molar-refractivity contribution in [3.8, 4) is 0 Å². The lowest BCUT2D eigenvalue weighted by molar-refractivity contribution is -0.0320. The monoisotopic (exact) mass is 337 g/mol. The van der Waals surface area contributed by atoms with Gasteiger partial charge in [-0.1, -0.05) is 12.1 Å². The molecule has 0 bridgehead atoms. The topological polar surface area (TPSA) is 46.1 Å². The molecule has 1 N–H and O–H groups in total. The van der Waals surface area contributed by atoms with Crippen LogP contribution in [0.1, 0.15) is 24.8 Å². The van der Waals surface area contributed by atoms with Crippen molar-refractivity contribution < 1.29 is 13.9 Å². The van der Waals surface area contributed by atoms with Crippen LogP contribution in [0.2, 0.25) is 0 Å². The molecule has 0 spiro atoms. The van der Waals surface area contributed by atoms with Crippen LogP contribution in [0, 0.1) is 5.82 Å². The highest BCUT2D eigenvalue weighted by Crippen LogP contribution is 2.10. The summed E-state index contributed by atoms with van der Waals surface area (Å²) in [5, 5.41) is 3.34. The molecule has 1 aliphatic rings. The summed E-state index contributed by atoms with van der Waals surface area (Å²) >= 11 is 0. The highest BCUT2D eigenvalue weighted by atomic mass is 19.1. The fourth-order valence-electron chi connectivity index (χ4n) is 2.69. The highest BCUT2D eigenvalue weighted by Gasteiger charge is 2.13. The summed E-state index contributed by atoms with van der Waals surface area (Å²) in [5.41, 5.74) is 1.05. The van der Waals surface area contributed by atoms with Crippen molar-refractivity contribution in [2.75, 3.05) is 40.5 Å². The number of hydrogen-bond acceptors (Lipinski definition) is 3. The van der Waals surface area contributed by atoms with Crippen molar-refractivity contribution in [3.63, 3.8) is 0 Å². The van der Waals surface area contributed by atoms with Gasteiger partial charge in [0.05, 0.1) is 6.10 Å². The van der Waals surface area contributed by atoms with E-state index in [2.05, 4.69) is 10.3 Å². The maximum Gasteiger partial charge on any atom is 0.193 e. The Balaban J connectivity index is 1.64. The zero-order chi connectivity index (χ0) is 17.2. The lowest BCUT2D eigenvalue weighted by Crippen LogP contribution is -2.39. The Morgan fingerprint density at radius 1 is 1.33 bits per heavy atom. The molecule has 0 radical (unpaired) electrons. The summed E-state index contributed by atoms with van der Waals surface area (Å²) in [4.78, 5) is 6.31. The first-order chi connectivity index (χ1) is 11.7. The number of benzene rings is 1. The van der Waals surface area contributed by atoms with E-state index in [1.165, 1.54) is 12.1 Å². The Labute approximate surface area is 143 Å². The van der Waals surface area contributed by atoms with Gasteiger partial charge in [-0.25, -0.2) is 4.39 Å². The van der Waals surface area contributed by atoms with E-state index in [-0.39, 0.29) is 5.82 Å². The maximum atomic E-state index is 13.0. The van der Waals surface area contributed by atoms with Crippen LogP contribution in [-0.4, -0.2) is 57.4 Å². The number of guanidine groups is 1. The van der Waals surface area contributed by atoms with Crippen LogP contribution in [0.4, 0.5) is 4.39 Å². The van der Waals surface area contributed by atoms with Crippen molar-refractivity contribution >= 4 is 5.96 Å². The number of ether oxygens (including phenoxy) is 2. The van der Waals surface area contributed by atoms with E-state index in [1.54, 1.807) is 19.2 Å². The SMILES string of the molecule is CN=C(NCCCOC1CCOCC1)N(C)Cc1ccc(F)cc1. The molecule has 0 saturated carbocycles. The maximum absolute atomic E-state index is 13.0. The third-order valence-corrected chi connectivity index (χ3v) is 4.03. The second-order valence-electron chi connectivity index (χ2n) is 5.99. The van der Waals surface area contributed by atoms with Crippen LogP contribution in [0.5, 0.6) is 0 Å². The minimum absolute atomic E-state index is 0.214.